The van der Waals surface area contributed by atoms with E-state index in [-0.39, 0.29) is 36.5 Å². The molecule has 0 saturated heterocycles. The van der Waals surface area contributed by atoms with Crippen LogP contribution in [0.25, 0.3) is 11.3 Å². The molecule has 2 aliphatic rings. The molecule has 0 saturated carbocycles. The van der Waals surface area contributed by atoms with E-state index in [1.165, 1.54) is 18.2 Å². The van der Waals surface area contributed by atoms with E-state index in [0.717, 1.165) is 21.7 Å². The predicted molar refractivity (Wildman–Crippen MR) is 119 cm³/mol. The summed E-state index contributed by atoms with van der Waals surface area (Å²) in [5, 5.41) is 16.0. The Morgan fingerprint density at radius 3 is 2.65 bits per heavy atom. The van der Waals surface area contributed by atoms with Crippen LogP contribution in [-0.2, 0) is 17.8 Å². The van der Waals surface area contributed by atoms with E-state index < -0.39 is 22.4 Å². The number of nitro groups is 1. The second-order valence-electron chi connectivity index (χ2n) is 7.98. The Labute approximate surface area is 197 Å². The van der Waals surface area contributed by atoms with Crippen LogP contribution in [-0.4, -0.2) is 50.7 Å². The van der Waals surface area contributed by atoms with Gasteiger partial charge in [0.1, 0.15) is 5.56 Å². The zero-order chi connectivity index (χ0) is 24.0. The summed E-state index contributed by atoms with van der Waals surface area (Å²) in [6, 6.07) is 11.0. The van der Waals surface area contributed by atoms with Crippen LogP contribution >= 0.6 is 11.6 Å². The largest absolute Gasteiger partial charge is 0.356 e. The van der Waals surface area contributed by atoms with Crippen LogP contribution in [0.3, 0.4) is 0 Å². The van der Waals surface area contributed by atoms with Gasteiger partial charge < -0.3 is 9.42 Å². The van der Waals surface area contributed by atoms with Crippen LogP contribution in [0.15, 0.2) is 47.0 Å². The maximum Gasteiger partial charge on any atom is 0.282 e. The van der Waals surface area contributed by atoms with Gasteiger partial charge in [0.2, 0.25) is 5.91 Å². The van der Waals surface area contributed by atoms with E-state index in [0.29, 0.717) is 23.7 Å². The summed E-state index contributed by atoms with van der Waals surface area (Å²) in [6.45, 7) is 0.536. The number of benzene rings is 2. The fourth-order valence-corrected chi connectivity index (χ4v) is 4.42. The molecule has 1 aromatic heterocycles. The van der Waals surface area contributed by atoms with E-state index in [2.05, 4.69) is 5.16 Å². The smallest absolute Gasteiger partial charge is 0.282 e. The Morgan fingerprint density at radius 2 is 1.91 bits per heavy atom. The molecule has 0 fully saturated rings. The number of carbonyl (C=O) groups is 3. The lowest BCUT2D eigenvalue weighted by Crippen LogP contribution is -2.39. The van der Waals surface area contributed by atoms with E-state index in [9.17, 15) is 24.5 Å². The summed E-state index contributed by atoms with van der Waals surface area (Å²) in [5.74, 6) is -1.08. The van der Waals surface area contributed by atoms with Crippen molar-refractivity contribution >= 4 is 35.0 Å². The minimum atomic E-state index is -0.759. The van der Waals surface area contributed by atoms with E-state index in [4.69, 9.17) is 16.1 Å². The number of hydrogen-bond acceptors (Lipinski definition) is 7. The van der Waals surface area contributed by atoms with Crippen molar-refractivity contribution in [3.05, 3.63) is 80.0 Å². The first-order chi connectivity index (χ1) is 16.3. The van der Waals surface area contributed by atoms with Crippen molar-refractivity contribution in [3.8, 4) is 11.3 Å². The van der Waals surface area contributed by atoms with Crippen LogP contribution in [0.5, 0.6) is 0 Å². The quantitative estimate of drug-likeness (QED) is 0.311. The average Bonchev–Trinajstić information content (AvgIpc) is 3.36. The average molecular weight is 481 g/mol. The molecule has 11 heteroatoms. The molecule has 0 atom stereocenters. The highest BCUT2D eigenvalue weighted by molar-refractivity contribution is 6.30. The highest BCUT2D eigenvalue weighted by Gasteiger charge is 2.41. The van der Waals surface area contributed by atoms with Gasteiger partial charge in [-0.2, -0.15) is 0 Å². The summed E-state index contributed by atoms with van der Waals surface area (Å²) in [6.07, 6.45) is 0.410. The molecular weight excluding hydrogens is 464 g/mol. The highest BCUT2D eigenvalue weighted by Crippen LogP contribution is 2.33. The SMILES string of the molecule is O=C(CCN1C(=O)c2cccc([N+](=O)[O-])c2C1=O)N1CCc2noc(-c3ccc(Cl)cc3)c2C1. The first-order valence-corrected chi connectivity index (χ1v) is 10.9. The second-order valence-corrected chi connectivity index (χ2v) is 8.41. The number of carbonyl (C=O) groups excluding carboxylic acids is 3. The normalized spacial score (nSPS) is 14.9. The monoisotopic (exact) mass is 480 g/mol. The molecule has 0 N–H and O–H groups in total. The summed E-state index contributed by atoms with van der Waals surface area (Å²) in [4.78, 5) is 51.4. The van der Waals surface area contributed by atoms with Crippen molar-refractivity contribution in [2.24, 2.45) is 0 Å². The molecule has 0 bridgehead atoms. The van der Waals surface area contributed by atoms with E-state index >= 15 is 0 Å². The number of rotatable bonds is 5. The van der Waals surface area contributed by atoms with Gasteiger partial charge in [0, 0.05) is 48.1 Å². The standard InChI is InChI=1S/C23H17ClN4O6/c24-14-6-4-13(5-7-14)21-16-12-26(10-8-17(16)25-34-21)19(29)9-11-27-22(30)15-2-1-3-18(28(32)33)20(15)23(27)31/h1-7H,8-12H2. The van der Waals surface area contributed by atoms with Crippen molar-refractivity contribution in [2.75, 3.05) is 13.1 Å². The summed E-state index contributed by atoms with van der Waals surface area (Å²) in [7, 11) is 0. The van der Waals surface area contributed by atoms with Crippen LogP contribution < -0.4 is 0 Å². The Morgan fingerprint density at radius 1 is 1.15 bits per heavy atom. The van der Waals surface area contributed by atoms with Gasteiger partial charge in [0.05, 0.1) is 22.7 Å². The fourth-order valence-electron chi connectivity index (χ4n) is 4.29. The fraction of sp³-hybridized carbons (Fsp3) is 0.217. The molecular formula is C23H17ClN4O6. The molecule has 172 valence electrons. The summed E-state index contributed by atoms with van der Waals surface area (Å²) in [5.41, 5.74) is 1.70. The molecule has 2 aliphatic heterocycles. The van der Waals surface area contributed by atoms with Gasteiger partial charge in [-0.1, -0.05) is 22.8 Å². The molecule has 3 heterocycles. The maximum atomic E-state index is 12.9. The van der Waals surface area contributed by atoms with Crippen molar-refractivity contribution < 1.29 is 23.8 Å². The lowest BCUT2D eigenvalue weighted by Gasteiger charge is -2.27. The number of fused-ring (bicyclic) bond motifs is 2. The molecule has 0 spiro atoms. The molecule has 0 unspecified atom stereocenters. The van der Waals surface area contributed by atoms with Crippen molar-refractivity contribution in [2.45, 2.75) is 19.4 Å². The minimum absolute atomic E-state index is 0.0219. The number of nitro benzene ring substituents is 1. The Bertz CT molecular complexity index is 1350. The van der Waals surface area contributed by atoms with Gasteiger partial charge >= 0.3 is 0 Å². The Kier molecular flexibility index (Phi) is 5.37. The molecule has 3 aromatic rings. The number of nitrogens with zero attached hydrogens (tertiary/aromatic N) is 4. The van der Waals surface area contributed by atoms with E-state index in [1.54, 1.807) is 17.0 Å². The number of hydrogen-bond donors (Lipinski definition) is 0. The minimum Gasteiger partial charge on any atom is -0.356 e. The van der Waals surface area contributed by atoms with Crippen molar-refractivity contribution in [1.82, 2.24) is 15.0 Å². The first kappa shape index (κ1) is 21.8. The number of amides is 3. The molecule has 2 aromatic carbocycles. The van der Waals surface area contributed by atoms with Crippen molar-refractivity contribution in [1.29, 1.82) is 0 Å². The van der Waals surface area contributed by atoms with Gasteiger partial charge in [-0.05, 0) is 30.3 Å². The highest BCUT2D eigenvalue weighted by atomic mass is 35.5. The number of halogens is 1. The Balaban J connectivity index is 1.29. The van der Waals surface area contributed by atoms with Crippen molar-refractivity contribution in [3.63, 3.8) is 0 Å². The third-order valence-electron chi connectivity index (χ3n) is 6.02. The molecule has 0 radical (unpaired) electrons. The first-order valence-electron chi connectivity index (χ1n) is 10.5. The Hall–Kier alpha value is -4.05. The zero-order valence-electron chi connectivity index (χ0n) is 17.7. The summed E-state index contributed by atoms with van der Waals surface area (Å²) < 4.78 is 5.52. The second kappa shape index (κ2) is 8.38. The third-order valence-corrected chi connectivity index (χ3v) is 6.27. The predicted octanol–water partition coefficient (Wildman–Crippen LogP) is 3.47. The summed E-state index contributed by atoms with van der Waals surface area (Å²) >= 11 is 5.96. The van der Waals surface area contributed by atoms with Crippen LogP contribution in [0.2, 0.25) is 5.02 Å². The van der Waals surface area contributed by atoms with Gasteiger partial charge in [0.25, 0.3) is 17.5 Å². The van der Waals surface area contributed by atoms with Crippen LogP contribution in [0, 0.1) is 10.1 Å². The van der Waals surface area contributed by atoms with E-state index in [1.807, 2.05) is 12.1 Å². The molecule has 0 aliphatic carbocycles. The zero-order valence-corrected chi connectivity index (χ0v) is 18.4. The van der Waals surface area contributed by atoms with Gasteiger partial charge in [-0.25, -0.2) is 0 Å². The van der Waals surface area contributed by atoms with Gasteiger partial charge in [-0.3, -0.25) is 29.4 Å². The third kappa shape index (κ3) is 3.61. The molecule has 34 heavy (non-hydrogen) atoms. The number of imide groups is 1. The van der Waals surface area contributed by atoms with Gasteiger partial charge in [0.15, 0.2) is 5.76 Å². The molecule has 3 amide bonds. The molecule has 5 rings (SSSR count). The maximum absolute atomic E-state index is 12.9. The van der Waals surface area contributed by atoms with Gasteiger partial charge in [-0.15, -0.1) is 0 Å². The lowest BCUT2D eigenvalue weighted by atomic mass is 10.0. The lowest BCUT2D eigenvalue weighted by molar-refractivity contribution is -0.385. The number of aromatic nitrogens is 1. The van der Waals surface area contributed by atoms with Crippen LogP contribution in [0.4, 0.5) is 5.69 Å². The van der Waals surface area contributed by atoms with Crippen LogP contribution in [0.1, 0.15) is 38.4 Å². The topological polar surface area (TPSA) is 127 Å². The molecule has 10 nitrogen and oxygen atoms in total.